The standard InChI is InChI=1S/C17H25N3/c1-4-14(5-2)17(15-9-7-6-8-10-15)19-12-16-11-18-13-20(16)3/h6-11,13-14,17,19H,4-5,12H2,1-3H3. The van der Waals surface area contributed by atoms with Crippen molar-refractivity contribution in [1.29, 1.82) is 0 Å². The van der Waals surface area contributed by atoms with Crippen molar-refractivity contribution in [2.75, 3.05) is 0 Å². The van der Waals surface area contributed by atoms with Gasteiger partial charge in [0.2, 0.25) is 0 Å². The number of aromatic nitrogens is 2. The Morgan fingerprint density at radius 1 is 1.15 bits per heavy atom. The number of rotatable bonds is 7. The highest BCUT2D eigenvalue weighted by Crippen LogP contribution is 2.27. The van der Waals surface area contributed by atoms with Crippen LogP contribution in [0, 0.1) is 5.92 Å². The van der Waals surface area contributed by atoms with Crippen LogP contribution in [-0.4, -0.2) is 9.55 Å². The zero-order valence-electron chi connectivity index (χ0n) is 12.7. The van der Waals surface area contributed by atoms with Crippen molar-refractivity contribution in [3.63, 3.8) is 0 Å². The Kier molecular flexibility index (Phi) is 5.36. The first-order valence-corrected chi connectivity index (χ1v) is 7.49. The first-order valence-electron chi connectivity index (χ1n) is 7.49. The van der Waals surface area contributed by atoms with Gasteiger partial charge in [0, 0.05) is 25.8 Å². The number of hydrogen-bond acceptors (Lipinski definition) is 2. The van der Waals surface area contributed by atoms with E-state index in [1.165, 1.54) is 24.1 Å². The van der Waals surface area contributed by atoms with Crippen molar-refractivity contribution < 1.29 is 0 Å². The molecular formula is C17H25N3. The normalized spacial score (nSPS) is 12.8. The van der Waals surface area contributed by atoms with E-state index in [0.29, 0.717) is 12.0 Å². The third kappa shape index (κ3) is 3.48. The third-order valence-electron chi connectivity index (χ3n) is 4.10. The molecule has 1 N–H and O–H groups in total. The summed E-state index contributed by atoms with van der Waals surface area (Å²) in [7, 11) is 2.04. The van der Waals surface area contributed by atoms with E-state index < -0.39 is 0 Å². The van der Waals surface area contributed by atoms with Crippen LogP contribution < -0.4 is 5.32 Å². The molecule has 1 aromatic carbocycles. The molecule has 0 radical (unpaired) electrons. The fraction of sp³-hybridized carbons (Fsp3) is 0.471. The fourth-order valence-corrected chi connectivity index (χ4v) is 2.75. The minimum atomic E-state index is 0.404. The summed E-state index contributed by atoms with van der Waals surface area (Å²) >= 11 is 0. The summed E-state index contributed by atoms with van der Waals surface area (Å²) in [6.45, 7) is 5.40. The van der Waals surface area contributed by atoms with Crippen molar-refractivity contribution in [2.24, 2.45) is 13.0 Å². The molecule has 0 saturated carbocycles. The summed E-state index contributed by atoms with van der Waals surface area (Å²) in [4.78, 5) is 4.18. The number of imidazole rings is 1. The first kappa shape index (κ1) is 14.8. The predicted octanol–water partition coefficient (Wildman–Crippen LogP) is 3.69. The molecule has 1 aromatic heterocycles. The van der Waals surface area contributed by atoms with Crippen molar-refractivity contribution in [3.8, 4) is 0 Å². The second-order valence-electron chi connectivity index (χ2n) is 5.34. The maximum Gasteiger partial charge on any atom is 0.0945 e. The first-order chi connectivity index (χ1) is 9.76. The Labute approximate surface area is 122 Å². The molecule has 0 aliphatic heterocycles. The second kappa shape index (κ2) is 7.25. The van der Waals surface area contributed by atoms with E-state index in [4.69, 9.17) is 0 Å². The van der Waals surface area contributed by atoms with Gasteiger partial charge in [-0.2, -0.15) is 0 Å². The van der Waals surface area contributed by atoms with Gasteiger partial charge in [0.25, 0.3) is 0 Å². The Balaban J connectivity index is 2.13. The van der Waals surface area contributed by atoms with E-state index in [9.17, 15) is 0 Å². The minimum absolute atomic E-state index is 0.404. The average molecular weight is 271 g/mol. The van der Waals surface area contributed by atoms with E-state index >= 15 is 0 Å². The largest absolute Gasteiger partial charge is 0.337 e. The van der Waals surface area contributed by atoms with Gasteiger partial charge in [-0.1, -0.05) is 57.0 Å². The lowest BCUT2D eigenvalue weighted by molar-refractivity contribution is 0.337. The molecule has 0 saturated heterocycles. The molecular weight excluding hydrogens is 246 g/mol. The van der Waals surface area contributed by atoms with E-state index in [2.05, 4.69) is 59.0 Å². The number of aryl methyl sites for hydroxylation is 1. The van der Waals surface area contributed by atoms with Gasteiger partial charge in [0.15, 0.2) is 0 Å². The average Bonchev–Trinajstić information content (AvgIpc) is 2.90. The summed E-state index contributed by atoms with van der Waals surface area (Å²) in [5.74, 6) is 0.658. The van der Waals surface area contributed by atoms with Gasteiger partial charge in [-0.25, -0.2) is 4.98 Å². The predicted molar refractivity (Wildman–Crippen MR) is 83.3 cm³/mol. The zero-order valence-corrected chi connectivity index (χ0v) is 12.7. The van der Waals surface area contributed by atoms with Crippen molar-refractivity contribution >= 4 is 0 Å². The van der Waals surface area contributed by atoms with Crippen LogP contribution in [-0.2, 0) is 13.6 Å². The number of benzene rings is 1. The van der Waals surface area contributed by atoms with Crippen LogP contribution in [0.1, 0.15) is 44.0 Å². The lowest BCUT2D eigenvalue weighted by Crippen LogP contribution is -2.28. The maximum absolute atomic E-state index is 4.18. The zero-order chi connectivity index (χ0) is 14.4. The van der Waals surface area contributed by atoms with Crippen LogP contribution >= 0.6 is 0 Å². The quantitative estimate of drug-likeness (QED) is 0.832. The van der Waals surface area contributed by atoms with Gasteiger partial charge in [-0.15, -0.1) is 0 Å². The smallest absolute Gasteiger partial charge is 0.0945 e. The van der Waals surface area contributed by atoms with Crippen LogP contribution in [0.2, 0.25) is 0 Å². The van der Waals surface area contributed by atoms with Crippen LogP contribution in [0.5, 0.6) is 0 Å². The summed E-state index contributed by atoms with van der Waals surface area (Å²) in [5.41, 5.74) is 2.60. The number of nitrogens with zero attached hydrogens (tertiary/aromatic N) is 2. The molecule has 3 heteroatoms. The molecule has 3 nitrogen and oxygen atoms in total. The van der Waals surface area contributed by atoms with Crippen molar-refractivity contribution in [1.82, 2.24) is 14.9 Å². The monoisotopic (exact) mass is 271 g/mol. The fourth-order valence-electron chi connectivity index (χ4n) is 2.75. The van der Waals surface area contributed by atoms with Gasteiger partial charge in [0.1, 0.15) is 0 Å². The Hall–Kier alpha value is -1.61. The SMILES string of the molecule is CCC(CC)C(NCc1cncn1C)c1ccccc1. The summed E-state index contributed by atoms with van der Waals surface area (Å²) in [6.07, 6.45) is 6.16. The highest BCUT2D eigenvalue weighted by molar-refractivity contribution is 5.20. The molecule has 0 aliphatic rings. The molecule has 2 aromatic rings. The summed E-state index contributed by atoms with van der Waals surface area (Å²) < 4.78 is 2.07. The van der Waals surface area contributed by atoms with Crippen molar-refractivity contribution in [3.05, 3.63) is 54.1 Å². The van der Waals surface area contributed by atoms with Crippen LogP contribution in [0.3, 0.4) is 0 Å². The van der Waals surface area contributed by atoms with Crippen LogP contribution in [0.4, 0.5) is 0 Å². The van der Waals surface area contributed by atoms with E-state index in [0.717, 1.165) is 6.54 Å². The van der Waals surface area contributed by atoms with Gasteiger partial charge in [-0.3, -0.25) is 0 Å². The molecule has 108 valence electrons. The van der Waals surface area contributed by atoms with E-state index in [-0.39, 0.29) is 0 Å². The van der Waals surface area contributed by atoms with Crippen molar-refractivity contribution in [2.45, 2.75) is 39.3 Å². The molecule has 0 bridgehead atoms. The van der Waals surface area contributed by atoms with Gasteiger partial charge < -0.3 is 9.88 Å². The molecule has 1 heterocycles. The third-order valence-corrected chi connectivity index (χ3v) is 4.10. The van der Waals surface area contributed by atoms with Gasteiger partial charge in [-0.05, 0) is 11.5 Å². The molecule has 0 fully saturated rings. The Morgan fingerprint density at radius 3 is 2.40 bits per heavy atom. The molecule has 20 heavy (non-hydrogen) atoms. The highest BCUT2D eigenvalue weighted by atomic mass is 15.1. The van der Waals surface area contributed by atoms with Crippen LogP contribution in [0.15, 0.2) is 42.9 Å². The van der Waals surface area contributed by atoms with E-state index in [1.807, 2.05) is 19.6 Å². The molecule has 1 unspecified atom stereocenters. The second-order valence-corrected chi connectivity index (χ2v) is 5.34. The topological polar surface area (TPSA) is 29.9 Å². The summed E-state index contributed by atoms with van der Waals surface area (Å²) in [5, 5.41) is 3.72. The lowest BCUT2D eigenvalue weighted by Gasteiger charge is -2.27. The summed E-state index contributed by atoms with van der Waals surface area (Å²) in [6, 6.07) is 11.2. The molecule has 0 amide bonds. The highest BCUT2D eigenvalue weighted by Gasteiger charge is 2.20. The van der Waals surface area contributed by atoms with Gasteiger partial charge in [0.05, 0.1) is 12.0 Å². The Morgan fingerprint density at radius 2 is 1.85 bits per heavy atom. The number of nitrogens with one attached hydrogen (secondary N) is 1. The maximum atomic E-state index is 4.18. The molecule has 2 rings (SSSR count). The molecule has 0 aliphatic carbocycles. The molecule has 0 spiro atoms. The van der Waals surface area contributed by atoms with Gasteiger partial charge >= 0.3 is 0 Å². The molecule has 1 atom stereocenters. The van der Waals surface area contributed by atoms with Crippen LogP contribution in [0.25, 0.3) is 0 Å². The number of hydrogen-bond donors (Lipinski definition) is 1. The lowest BCUT2D eigenvalue weighted by atomic mass is 9.89. The Bertz CT molecular complexity index is 500. The van der Waals surface area contributed by atoms with E-state index in [1.54, 1.807) is 0 Å². The minimum Gasteiger partial charge on any atom is -0.337 e.